The second-order valence-electron chi connectivity index (χ2n) is 7.68. The first-order valence-electron chi connectivity index (χ1n) is 8.85. The number of nitrogens with zero attached hydrogens (tertiary/aromatic N) is 1. The number of alkyl halides is 6. The third kappa shape index (κ3) is 6.45. The van der Waals surface area contributed by atoms with Crippen LogP contribution in [0.25, 0.3) is 0 Å². The van der Waals surface area contributed by atoms with Gasteiger partial charge in [-0.3, -0.25) is 9.69 Å². The minimum Gasteiger partial charge on any atom is -0.444 e. The molecule has 1 unspecified atom stereocenters. The number of halogens is 6. The number of amides is 2. The van der Waals surface area contributed by atoms with Gasteiger partial charge >= 0.3 is 18.4 Å². The average molecular weight is 471 g/mol. The molecular formula is C18H19F6N3O3S. The molecule has 0 spiro atoms. The second kappa shape index (κ2) is 8.52. The van der Waals surface area contributed by atoms with Gasteiger partial charge in [0, 0.05) is 0 Å². The molecule has 172 valence electrons. The van der Waals surface area contributed by atoms with Crippen LogP contribution in [0.2, 0.25) is 0 Å². The van der Waals surface area contributed by atoms with Gasteiger partial charge in [-0.25, -0.2) is 4.79 Å². The Kier molecular flexibility index (Phi) is 6.79. The van der Waals surface area contributed by atoms with Crippen molar-refractivity contribution in [1.29, 1.82) is 0 Å². The molecule has 13 heteroatoms. The van der Waals surface area contributed by atoms with E-state index in [1.54, 1.807) is 20.8 Å². The molecule has 1 aromatic carbocycles. The van der Waals surface area contributed by atoms with E-state index in [0.717, 1.165) is 4.90 Å². The van der Waals surface area contributed by atoms with Gasteiger partial charge in [0.05, 0.1) is 24.2 Å². The molecule has 1 saturated heterocycles. The number of ether oxygens (including phenoxy) is 1. The lowest BCUT2D eigenvalue weighted by Gasteiger charge is -2.21. The van der Waals surface area contributed by atoms with E-state index < -0.39 is 59.2 Å². The van der Waals surface area contributed by atoms with E-state index >= 15 is 0 Å². The van der Waals surface area contributed by atoms with Gasteiger partial charge in [-0.15, -0.1) is 0 Å². The Labute approximate surface area is 178 Å². The first-order chi connectivity index (χ1) is 14.0. The van der Waals surface area contributed by atoms with E-state index in [1.807, 2.05) is 0 Å². The highest BCUT2D eigenvalue weighted by Gasteiger charge is 2.41. The van der Waals surface area contributed by atoms with E-state index in [0.29, 0.717) is 12.1 Å². The van der Waals surface area contributed by atoms with Gasteiger partial charge in [0.2, 0.25) is 0 Å². The van der Waals surface area contributed by atoms with E-state index in [2.05, 4.69) is 10.6 Å². The van der Waals surface area contributed by atoms with Crippen molar-refractivity contribution in [2.75, 3.05) is 6.54 Å². The summed E-state index contributed by atoms with van der Waals surface area (Å²) in [6.07, 6.45) is -10.8. The minimum absolute atomic E-state index is 0.00605. The third-order valence-corrected chi connectivity index (χ3v) is 4.37. The zero-order valence-electron chi connectivity index (χ0n) is 16.6. The largest absolute Gasteiger partial charge is 0.444 e. The molecule has 1 atom stereocenters. The van der Waals surface area contributed by atoms with E-state index in [9.17, 15) is 35.9 Å². The summed E-state index contributed by atoms with van der Waals surface area (Å²) in [5.41, 5.74) is -4.32. The van der Waals surface area contributed by atoms with Gasteiger partial charge in [-0.05, 0) is 50.7 Å². The summed E-state index contributed by atoms with van der Waals surface area (Å²) in [6, 6.07) is 0.0917. The van der Waals surface area contributed by atoms with Crippen LogP contribution in [-0.4, -0.2) is 40.2 Å². The van der Waals surface area contributed by atoms with Crippen LogP contribution in [-0.2, 0) is 28.4 Å². The van der Waals surface area contributed by atoms with Crippen molar-refractivity contribution in [3.63, 3.8) is 0 Å². The van der Waals surface area contributed by atoms with E-state index in [4.69, 9.17) is 17.0 Å². The van der Waals surface area contributed by atoms with Crippen LogP contribution in [0.3, 0.4) is 0 Å². The maximum absolute atomic E-state index is 13.3. The number of hydrogen-bond acceptors (Lipinski definition) is 4. The second-order valence-corrected chi connectivity index (χ2v) is 8.06. The van der Waals surface area contributed by atoms with Crippen molar-refractivity contribution in [3.05, 3.63) is 34.9 Å². The first kappa shape index (κ1) is 24.7. The smallest absolute Gasteiger partial charge is 0.416 e. The third-order valence-electron chi connectivity index (χ3n) is 4.03. The molecular weight excluding hydrogens is 452 g/mol. The number of carbonyl (C=O) groups is 2. The first-order valence-corrected chi connectivity index (χ1v) is 9.26. The Balaban J connectivity index is 2.17. The standard InChI is InChI=1S/C18H19F6N3O3S/c1-16(2,3)30-15(29)25-7-12-13(28)27(14(31)26-12)8-9-4-5-10(17(19,20)21)6-11(9)18(22,23)24/h4-6,12H,7-8H2,1-3H3,(H,25,29)(H,26,31). The van der Waals surface area contributed by atoms with Crippen LogP contribution < -0.4 is 10.6 Å². The summed E-state index contributed by atoms with van der Waals surface area (Å²) in [4.78, 5) is 25.0. The van der Waals surface area contributed by atoms with Gasteiger partial charge in [0.15, 0.2) is 5.11 Å². The fourth-order valence-electron chi connectivity index (χ4n) is 2.69. The molecule has 31 heavy (non-hydrogen) atoms. The molecule has 0 aliphatic carbocycles. The lowest BCUT2D eigenvalue weighted by molar-refractivity contribution is -0.144. The summed E-state index contributed by atoms with van der Waals surface area (Å²) < 4.78 is 83.4. The SMILES string of the molecule is CC(C)(C)OC(=O)NCC1NC(=S)N(Cc2ccc(C(F)(F)F)cc2C(F)(F)F)C1=O. The van der Waals surface area contributed by atoms with Gasteiger partial charge in [0.1, 0.15) is 11.6 Å². The normalized spacial score (nSPS) is 17.6. The zero-order valence-corrected chi connectivity index (χ0v) is 17.4. The highest BCUT2D eigenvalue weighted by molar-refractivity contribution is 7.80. The topological polar surface area (TPSA) is 70.7 Å². The van der Waals surface area contributed by atoms with Crippen molar-refractivity contribution in [1.82, 2.24) is 15.5 Å². The molecule has 0 saturated carbocycles. The number of carbonyl (C=O) groups excluding carboxylic acids is 2. The Bertz CT molecular complexity index is 880. The van der Waals surface area contributed by atoms with E-state index in [-0.39, 0.29) is 17.7 Å². The minimum atomic E-state index is -5.08. The van der Waals surface area contributed by atoms with Crippen molar-refractivity contribution in [3.8, 4) is 0 Å². The zero-order chi connectivity index (χ0) is 23.8. The quantitative estimate of drug-likeness (QED) is 0.516. The van der Waals surface area contributed by atoms with Crippen molar-refractivity contribution < 1.29 is 40.7 Å². The lowest BCUT2D eigenvalue weighted by Crippen LogP contribution is -2.43. The summed E-state index contributed by atoms with van der Waals surface area (Å²) in [5.74, 6) is -0.742. The summed E-state index contributed by atoms with van der Waals surface area (Å²) in [5, 5.41) is 4.69. The number of thiocarbonyl (C=S) groups is 1. The van der Waals surface area contributed by atoms with Gasteiger partial charge in [-0.2, -0.15) is 26.3 Å². The Morgan fingerprint density at radius 3 is 2.29 bits per heavy atom. The summed E-state index contributed by atoms with van der Waals surface area (Å²) in [6.45, 7) is 3.93. The van der Waals surface area contributed by atoms with Gasteiger partial charge in [0.25, 0.3) is 5.91 Å². The average Bonchev–Trinajstić information content (AvgIpc) is 2.84. The molecule has 1 heterocycles. The van der Waals surface area contributed by atoms with Crippen molar-refractivity contribution in [2.45, 2.75) is 51.3 Å². The fourth-order valence-corrected chi connectivity index (χ4v) is 2.99. The molecule has 6 nitrogen and oxygen atoms in total. The summed E-state index contributed by atoms with van der Waals surface area (Å²) >= 11 is 4.97. The highest BCUT2D eigenvalue weighted by Crippen LogP contribution is 2.37. The van der Waals surface area contributed by atoms with Crippen LogP contribution in [0.15, 0.2) is 18.2 Å². The number of hydrogen-bond donors (Lipinski definition) is 2. The van der Waals surface area contributed by atoms with Crippen LogP contribution in [0.5, 0.6) is 0 Å². The molecule has 0 bridgehead atoms. The molecule has 2 amide bonds. The Hall–Kier alpha value is -2.57. The molecule has 0 aromatic heterocycles. The van der Waals surface area contributed by atoms with Crippen LogP contribution in [0, 0.1) is 0 Å². The van der Waals surface area contributed by atoms with Crippen LogP contribution >= 0.6 is 12.2 Å². The number of rotatable bonds is 4. The molecule has 2 N–H and O–H groups in total. The Morgan fingerprint density at radius 2 is 1.77 bits per heavy atom. The maximum Gasteiger partial charge on any atom is 0.416 e. The monoisotopic (exact) mass is 471 g/mol. The number of benzene rings is 1. The molecule has 2 rings (SSSR count). The molecule has 0 radical (unpaired) electrons. The molecule has 1 aromatic rings. The van der Waals surface area contributed by atoms with Crippen molar-refractivity contribution in [2.24, 2.45) is 0 Å². The number of nitrogens with one attached hydrogen (secondary N) is 2. The van der Waals surface area contributed by atoms with E-state index in [1.165, 1.54) is 0 Å². The summed E-state index contributed by atoms with van der Waals surface area (Å²) in [7, 11) is 0. The van der Waals surface area contributed by atoms with Crippen molar-refractivity contribution >= 4 is 29.3 Å². The van der Waals surface area contributed by atoms with Crippen LogP contribution in [0.1, 0.15) is 37.5 Å². The highest BCUT2D eigenvalue weighted by atomic mass is 32.1. The maximum atomic E-state index is 13.3. The van der Waals surface area contributed by atoms with Gasteiger partial charge < -0.3 is 15.4 Å². The molecule has 1 fully saturated rings. The fraction of sp³-hybridized carbons (Fsp3) is 0.500. The predicted molar refractivity (Wildman–Crippen MR) is 101 cm³/mol. The van der Waals surface area contributed by atoms with Crippen LogP contribution in [0.4, 0.5) is 31.1 Å². The van der Waals surface area contributed by atoms with Gasteiger partial charge in [-0.1, -0.05) is 6.07 Å². The molecule has 1 aliphatic heterocycles. The molecule has 1 aliphatic rings. The Morgan fingerprint density at radius 1 is 1.16 bits per heavy atom. The lowest BCUT2D eigenvalue weighted by atomic mass is 10.0. The number of alkyl carbamates (subject to hydrolysis) is 1. The predicted octanol–water partition coefficient (Wildman–Crippen LogP) is 3.83.